The number of unbranched alkanes of at least 4 members (excludes halogenated alkanes) is 8. The Morgan fingerprint density at radius 1 is 0.667 bits per heavy atom. The summed E-state index contributed by atoms with van der Waals surface area (Å²) in [5.74, 6) is 0.527. The second-order valence-corrected chi connectivity index (χ2v) is 5.76. The first kappa shape index (κ1) is 18.0. The predicted molar refractivity (Wildman–Crippen MR) is 81.9 cm³/mol. The molecule has 0 amide bonds. The summed E-state index contributed by atoms with van der Waals surface area (Å²) in [7, 11) is 0. The Morgan fingerprint density at radius 3 is 1.56 bits per heavy atom. The Hall–Kier alpha value is -0.0400. The molecule has 0 saturated carbocycles. The molecule has 1 heteroatoms. The Bertz CT molecular complexity index is 152. The zero-order valence-electron chi connectivity index (χ0n) is 13.1. The van der Waals surface area contributed by atoms with Gasteiger partial charge in [-0.25, -0.2) is 0 Å². The normalized spacial score (nSPS) is 13.2. The van der Waals surface area contributed by atoms with Gasteiger partial charge in [0.1, 0.15) is 0 Å². The van der Waals surface area contributed by atoms with Gasteiger partial charge in [0.2, 0.25) is 0 Å². The summed E-state index contributed by atoms with van der Waals surface area (Å²) in [4.78, 5) is 0. The highest BCUT2D eigenvalue weighted by atomic mass is 16.3. The minimum Gasteiger partial charge on any atom is -0.393 e. The van der Waals surface area contributed by atoms with Gasteiger partial charge < -0.3 is 5.11 Å². The summed E-state index contributed by atoms with van der Waals surface area (Å²) in [6, 6.07) is 0. The van der Waals surface area contributed by atoms with Crippen molar-refractivity contribution in [1.82, 2.24) is 0 Å². The molecule has 0 aliphatic rings. The lowest BCUT2D eigenvalue weighted by Gasteiger charge is -2.19. The molecule has 0 radical (unpaired) electrons. The van der Waals surface area contributed by atoms with Crippen LogP contribution in [0.2, 0.25) is 0 Å². The van der Waals surface area contributed by atoms with Gasteiger partial charge in [-0.05, 0) is 12.3 Å². The maximum absolute atomic E-state index is 10.0. The van der Waals surface area contributed by atoms with Gasteiger partial charge in [-0.3, -0.25) is 0 Å². The van der Waals surface area contributed by atoms with Crippen molar-refractivity contribution in [3.05, 3.63) is 0 Å². The number of hydrogen-bond donors (Lipinski definition) is 1. The van der Waals surface area contributed by atoms with Crippen molar-refractivity contribution < 1.29 is 5.11 Å². The van der Waals surface area contributed by atoms with Crippen molar-refractivity contribution in [3.8, 4) is 0 Å². The zero-order valence-corrected chi connectivity index (χ0v) is 13.1. The molecule has 1 nitrogen and oxygen atoms in total. The lowest BCUT2D eigenvalue weighted by atomic mass is 9.92. The van der Waals surface area contributed by atoms with Crippen molar-refractivity contribution >= 4 is 0 Å². The third kappa shape index (κ3) is 9.94. The van der Waals surface area contributed by atoms with Crippen LogP contribution in [0.25, 0.3) is 0 Å². The summed E-state index contributed by atoms with van der Waals surface area (Å²) < 4.78 is 0. The van der Waals surface area contributed by atoms with Crippen LogP contribution in [0.15, 0.2) is 0 Å². The molecule has 1 unspecified atom stereocenters. The molecule has 0 aliphatic heterocycles. The largest absolute Gasteiger partial charge is 0.393 e. The molecule has 0 aromatic carbocycles. The van der Waals surface area contributed by atoms with E-state index >= 15 is 0 Å². The molecule has 1 N–H and O–H groups in total. The monoisotopic (exact) mass is 256 g/mol. The van der Waals surface area contributed by atoms with E-state index in [1.165, 1.54) is 57.8 Å². The Kier molecular flexibility index (Phi) is 13.4. The van der Waals surface area contributed by atoms with Gasteiger partial charge in [0.25, 0.3) is 0 Å². The van der Waals surface area contributed by atoms with Crippen LogP contribution in [0.4, 0.5) is 0 Å². The Morgan fingerprint density at radius 2 is 1.11 bits per heavy atom. The predicted octanol–water partition coefficient (Wildman–Crippen LogP) is 5.70. The molecule has 0 aliphatic carbocycles. The van der Waals surface area contributed by atoms with Crippen LogP contribution in [-0.4, -0.2) is 11.2 Å². The third-order valence-electron chi connectivity index (χ3n) is 4.20. The fraction of sp³-hybridized carbons (Fsp3) is 1.00. The molecule has 0 aromatic heterocycles. The summed E-state index contributed by atoms with van der Waals surface area (Å²) in [5.41, 5.74) is 0. The maximum Gasteiger partial charge on any atom is 0.0568 e. The van der Waals surface area contributed by atoms with Gasteiger partial charge in [0.15, 0.2) is 0 Å². The second-order valence-electron chi connectivity index (χ2n) is 5.76. The van der Waals surface area contributed by atoms with Crippen molar-refractivity contribution in [2.75, 3.05) is 0 Å². The van der Waals surface area contributed by atoms with Crippen LogP contribution in [0.5, 0.6) is 0 Å². The lowest BCUT2D eigenvalue weighted by Crippen LogP contribution is -2.18. The minimum atomic E-state index is -0.0513. The number of rotatable bonds is 13. The first-order valence-electron chi connectivity index (χ1n) is 8.44. The molecule has 18 heavy (non-hydrogen) atoms. The minimum absolute atomic E-state index is 0.0513. The van der Waals surface area contributed by atoms with Gasteiger partial charge in [0, 0.05) is 0 Å². The second kappa shape index (κ2) is 13.4. The molecule has 0 saturated heterocycles. The van der Waals surface area contributed by atoms with E-state index in [-0.39, 0.29) is 6.10 Å². The fourth-order valence-electron chi connectivity index (χ4n) is 2.73. The van der Waals surface area contributed by atoms with E-state index in [0.29, 0.717) is 5.92 Å². The topological polar surface area (TPSA) is 20.2 Å². The van der Waals surface area contributed by atoms with E-state index < -0.39 is 0 Å². The highest BCUT2D eigenvalue weighted by Crippen LogP contribution is 2.19. The summed E-state index contributed by atoms with van der Waals surface area (Å²) in [5, 5.41) is 10.0. The highest BCUT2D eigenvalue weighted by Gasteiger charge is 2.14. The highest BCUT2D eigenvalue weighted by molar-refractivity contribution is 4.66. The van der Waals surface area contributed by atoms with E-state index in [2.05, 4.69) is 20.8 Å². The SMILES string of the molecule is CCCCCCCCCCCC(O)C(CC)CC. The molecular weight excluding hydrogens is 220 g/mol. The van der Waals surface area contributed by atoms with Crippen molar-refractivity contribution in [2.45, 2.75) is 104 Å². The molecule has 0 aromatic rings. The fourth-order valence-corrected chi connectivity index (χ4v) is 2.73. The zero-order chi connectivity index (χ0) is 13.6. The van der Waals surface area contributed by atoms with Crippen LogP contribution in [-0.2, 0) is 0 Å². The molecule has 0 fully saturated rings. The average Bonchev–Trinajstić information content (AvgIpc) is 2.38. The van der Waals surface area contributed by atoms with Crippen molar-refractivity contribution in [2.24, 2.45) is 5.92 Å². The standard InChI is InChI=1S/C17H36O/c1-4-7-8-9-10-11-12-13-14-15-17(18)16(5-2)6-3/h16-18H,4-15H2,1-3H3. The van der Waals surface area contributed by atoms with E-state index in [0.717, 1.165) is 19.3 Å². The third-order valence-corrected chi connectivity index (χ3v) is 4.20. The van der Waals surface area contributed by atoms with Crippen molar-refractivity contribution in [1.29, 1.82) is 0 Å². The number of aliphatic hydroxyl groups excluding tert-OH is 1. The molecule has 0 rings (SSSR count). The van der Waals surface area contributed by atoms with E-state index in [1.54, 1.807) is 0 Å². The van der Waals surface area contributed by atoms with Crippen LogP contribution in [0.1, 0.15) is 97.8 Å². The van der Waals surface area contributed by atoms with Gasteiger partial charge >= 0.3 is 0 Å². The molecule has 110 valence electrons. The molecular formula is C17H36O. The first-order chi connectivity index (χ1) is 8.76. The summed E-state index contributed by atoms with van der Waals surface area (Å²) in [6.07, 6.45) is 15.5. The number of hydrogen-bond acceptors (Lipinski definition) is 1. The first-order valence-corrected chi connectivity index (χ1v) is 8.44. The van der Waals surface area contributed by atoms with E-state index in [4.69, 9.17) is 0 Å². The Balaban J connectivity index is 3.24. The maximum atomic E-state index is 10.0. The van der Waals surface area contributed by atoms with Crippen molar-refractivity contribution in [3.63, 3.8) is 0 Å². The number of aliphatic hydroxyl groups is 1. The van der Waals surface area contributed by atoms with E-state index in [9.17, 15) is 5.11 Å². The van der Waals surface area contributed by atoms with Crippen LogP contribution < -0.4 is 0 Å². The molecule has 1 atom stereocenters. The molecule has 0 spiro atoms. The van der Waals surface area contributed by atoms with Gasteiger partial charge in [-0.15, -0.1) is 0 Å². The summed E-state index contributed by atoms with van der Waals surface area (Å²) >= 11 is 0. The molecule has 0 bridgehead atoms. The van der Waals surface area contributed by atoms with Crippen LogP contribution >= 0.6 is 0 Å². The molecule has 0 heterocycles. The van der Waals surface area contributed by atoms with Gasteiger partial charge in [-0.2, -0.15) is 0 Å². The Labute approximate surface area is 115 Å². The quantitative estimate of drug-likeness (QED) is 0.419. The van der Waals surface area contributed by atoms with Crippen LogP contribution in [0.3, 0.4) is 0 Å². The average molecular weight is 256 g/mol. The summed E-state index contributed by atoms with van der Waals surface area (Å²) in [6.45, 7) is 6.65. The van der Waals surface area contributed by atoms with E-state index in [1.807, 2.05) is 0 Å². The smallest absolute Gasteiger partial charge is 0.0568 e. The van der Waals surface area contributed by atoms with Gasteiger partial charge in [-0.1, -0.05) is 91.4 Å². The van der Waals surface area contributed by atoms with Gasteiger partial charge in [0.05, 0.1) is 6.10 Å². The lowest BCUT2D eigenvalue weighted by molar-refractivity contribution is 0.0914. The van der Waals surface area contributed by atoms with Crippen LogP contribution in [0, 0.1) is 5.92 Å².